The molecule has 1 rings (SSSR count). The normalized spacial score (nSPS) is 11.3. The lowest BCUT2D eigenvalue weighted by atomic mass is 10.2. The number of anilines is 1. The van der Waals surface area contributed by atoms with Crippen LogP contribution >= 0.6 is 11.6 Å². The van der Waals surface area contributed by atoms with Crippen molar-refractivity contribution >= 4 is 23.3 Å². The van der Waals surface area contributed by atoms with E-state index in [1.165, 1.54) is 12.4 Å². The van der Waals surface area contributed by atoms with Crippen molar-refractivity contribution in [3.63, 3.8) is 0 Å². The molecule has 0 aliphatic heterocycles. The van der Waals surface area contributed by atoms with Crippen molar-refractivity contribution in [1.82, 2.24) is 9.97 Å². The minimum absolute atomic E-state index is 0.174. The smallest absolute Gasteiger partial charge is 0.252 e. The molecular formula is C10H12ClN3O. The van der Waals surface area contributed by atoms with E-state index in [2.05, 4.69) is 15.3 Å². The number of hydrogen-bond acceptors (Lipinski definition) is 3. The lowest BCUT2D eigenvalue weighted by molar-refractivity contribution is -0.112. The third-order valence-electron chi connectivity index (χ3n) is 1.74. The maximum Gasteiger partial charge on any atom is 0.252 e. The Labute approximate surface area is 93.4 Å². The minimum Gasteiger partial charge on any atom is -0.307 e. The average Bonchev–Trinajstić information content (AvgIpc) is 2.18. The summed E-state index contributed by atoms with van der Waals surface area (Å²) >= 11 is 5.65. The molecule has 4 nitrogen and oxygen atoms in total. The van der Waals surface area contributed by atoms with Crippen molar-refractivity contribution in [1.29, 1.82) is 0 Å². The van der Waals surface area contributed by atoms with Crippen LogP contribution in [0.1, 0.15) is 20.3 Å². The summed E-state index contributed by atoms with van der Waals surface area (Å²) in [6, 6.07) is 1.50. The highest BCUT2D eigenvalue weighted by Gasteiger charge is 2.05. The van der Waals surface area contributed by atoms with E-state index >= 15 is 0 Å². The molecule has 1 heterocycles. The van der Waals surface area contributed by atoms with Gasteiger partial charge in [0.1, 0.15) is 17.3 Å². The highest BCUT2D eigenvalue weighted by Crippen LogP contribution is 2.09. The van der Waals surface area contributed by atoms with Gasteiger partial charge in [0, 0.05) is 11.6 Å². The van der Waals surface area contributed by atoms with Crippen molar-refractivity contribution in [3.8, 4) is 0 Å². The second-order valence-electron chi connectivity index (χ2n) is 2.98. The van der Waals surface area contributed by atoms with Gasteiger partial charge in [-0.05, 0) is 13.3 Å². The molecule has 15 heavy (non-hydrogen) atoms. The van der Waals surface area contributed by atoms with E-state index in [4.69, 9.17) is 11.6 Å². The Morgan fingerprint density at radius 1 is 1.60 bits per heavy atom. The van der Waals surface area contributed by atoms with Crippen LogP contribution in [0.25, 0.3) is 0 Å². The average molecular weight is 226 g/mol. The molecule has 0 saturated heterocycles. The van der Waals surface area contributed by atoms with Crippen molar-refractivity contribution in [3.05, 3.63) is 29.2 Å². The van der Waals surface area contributed by atoms with Crippen LogP contribution < -0.4 is 5.32 Å². The summed E-state index contributed by atoms with van der Waals surface area (Å²) in [4.78, 5) is 19.1. The van der Waals surface area contributed by atoms with Crippen LogP contribution in [0.15, 0.2) is 24.0 Å². The van der Waals surface area contributed by atoms with Crippen LogP contribution in [0.3, 0.4) is 0 Å². The van der Waals surface area contributed by atoms with Gasteiger partial charge in [0.2, 0.25) is 0 Å². The number of hydrogen-bond donors (Lipinski definition) is 1. The Balaban J connectivity index is 2.70. The summed E-state index contributed by atoms with van der Waals surface area (Å²) in [5.41, 5.74) is 0.659. The first-order chi connectivity index (χ1) is 7.13. The second-order valence-corrected chi connectivity index (χ2v) is 3.36. The summed E-state index contributed by atoms with van der Waals surface area (Å²) in [7, 11) is 0. The van der Waals surface area contributed by atoms with Gasteiger partial charge in [0.25, 0.3) is 5.91 Å². The van der Waals surface area contributed by atoms with Gasteiger partial charge in [-0.15, -0.1) is 0 Å². The van der Waals surface area contributed by atoms with Crippen molar-refractivity contribution in [2.45, 2.75) is 20.3 Å². The number of carbonyl (C=O) groups is 1. The van der Waals surface area contributed by atoms with Gasteiger partial charge in [-0.3, -0.25) is 4.79 Å². The first-order valence-corrected chi connectivity index (χ1v) is 4.97. The number of nitrogens with zero attached hydrogens (tertiary/aromatic N) is 2. The van der Waals surface area contributed by atoms with Gasteiger partial charge < -0.3 is 5.32 Å². The Hall–Kier alpha value is -1.42. The van der Waals surface area contributed by atoms with Gasteiger partial charge in [-0.25, -0.2) is 9.97 Å². The molecule has 0 bridgehead atoms. The van der Waals surface area contributed by atoms with Crippen molar-refractivity contribution in [2.75, 3.05) is 5.32 Å². The zero-order valence-electron chi connectivity index (χ0n) is 8.62. The Morgan fingerprint density at radius 3 is 2.93 bits per heavy atom. The molecule has 1 amide bonds. The molecular weight excluding hydrogens is 214 g/mol. The predicted molar refractivity (Wildman–Crippen MR) is 59.7 cm³/mol. The highest BCUT2D eigenvalue weighted by molar-refractivity contribution is 6.29. The zero-order chi connectivity index (χ0) is 11.3. The highest BCUT2D eigenvalue weighted by atomic mass is 35.5. The Morgan fingerprint density at radius 2 is 2.33 bits per heavy atom. The Kier molecular flexibility index (Phi) is 4.24. The third-order valence-corrected chi connectivity index (χ3v) is 1.95. The van der Waals surface area contributed by atoms with E-state index < -0.39 is 0 Å². The van der Waals surface area contributed by atoms with Crippen LogP contribution in [0.2, 0.25) is 5.15 Å². The summed E-state index contributed by atoms with van der Waals surface area (Å²) < 4.78 is 0. The number of aromatic nitrogens is 2. The topological polar surface area (TPSA) is 54.9 Å². The fourth-order valence-electron chi connectivity index (χ4n) is 1.02. The van der Waals surface area contributed by atoms with E-state index in [9.17, 15) is 4.79 Å². The summed E-state index contributed by atoms with van der Waals surface area (Å²) in [5, 5.41) is 2.93. The van der Waals surface area contributed by atoms with Gasteiger partial charge in [0.05, 0.1) is 0 Å². The van der Waals surface area contributed by atoms with E-state index in [0.717, 1.165) is 6.42 Å². The lowest BCUT2D eigenvalue weighted by Gasteiger charge is -2.03. The molecule has 0 aliphatic rings. The standard InChI is InChI=1S/C10H12ClN3O/c1-3-4-7(2)10(15)14-9-5-8(11)12-6-13-9/h4-6H,3H2,1-2H3,(H,12,13,14,15)/b7-4-. The molecule has 0 aromatic carbocycles. The van der Waals surface area contributed by atoms with E-state index in [-0.39, 0.29) is 5.91 Å². The number of allylic oxidation sites excluding steroid dienone is 1. The third kappa shape index (κ3) is 3.67. The maximum absolute atomic E-state index is 11.5. The number of amides is 1. The van der Waals surface area contributed by atoms with Gasteiger partial charge in [-0.2, -0.15) is 0 Å². The van der Waals surface area contributed by atoms with Crippen LogP contribution in [-0.4, -0.2) is 15.9 Å². The number of carbonyl (C=O) groups excluding carboxylic acids is 1. The molecule has 0 atom stereocenters. The lowest BCUT2D eigenvalue weighted by Crippen LogP contribution is -2.13. The van der Waals surface area contributed by atoms with Gasteiger partial charge in [-0.1, -0.05) is 24.6 Å². The molecule has 0 radical (unpaired) electrons. The molecule has 0 saturated carbocycles. The fraction of sp³-hybridized carbons (Fsp3) is 0.300. The van der Waals surface area contributed by atoms with Crippen molar-refractivity contribution < 1.29 is 4.79 Å². The van der Waals surface area contributed by atoms with E-state index in [0.29, 0.717) is 16.5 Å². The van der Waals surface area contributed by atoms with Crippen LogP contribution in [0, 0.1) is 0 Å². The molecule has 0 aliphatic carbocycles. The molecule has 0 fully saturated rings. The molecule has 1 aromatic rings. The minimum atomic E-state index is -0.174. The Bertz CT molecular complexity index is 390. The summed E-state index contributed by atoms with van der Waals surface area (Å²) in [6.45, 7) is 3.72. The molecule has 0 unspecified atom stereocenters. The number of halogens is 1. The van der Waals surface area contributed by atoms with Crippen LogP contribution in [0.5, 0.6) is 0 Å². The SMILES string of the molecule is CC/C=C(/C)C(=O)Nc1cc(Cl)ncn1. The molecule has 1 aromatic heterocycles. The summed E-state index contributed by atoms with van der Waals surface area (Å²) in [5.74, 6) is 0.232. The first-order valence-electron chi connectivity index (χ1n) is 4.59. The number of nitrogens with one attached hydrogen (secondary N) is 1. The molecule has 5 heteroatoms. The monoisotopic (exact) mass is 225 g/mol. The fourth-order valence-corrected chi connectivity index (χ4v) is 1.16. The summed E-state index contributed by atoms with van der Waals surface area (Å²) in [6.07, 6.45) is 3.97. The predicted octanol–water partition coefficient (Wildman–Crippen LogP) is 2.42. The van der Waals surface area contributed by atoms with Gasteiger partial charge >= 0.3 is 0 Å². The molecule has 1 N–H and O–H groups in total. The molecule has 80 valence electrons. The second kappa shape index (κ2) is 5.46. The van der Waals surface area contributed by atoms with Crippen LogP contribution in [-0.2, 0) is 4.79 Å². The van der Waals surface area contributed by atoms with E-state index in [1.54, 1.807) is 6.92 Å². The van der Waals surface area contributed by atoms with Crippen molar-refractivity contribution in [2.24, 2.45) is 0 Å². The van der Waals surface area contributed by atoms with E-state index in [1.807, 2.05) is 13.0 Å². The first kappa shape index (κ1) is 11.7. The zero-order valence-corrected chi connectivity index (χ0v) is 9.38. The maximum atomic E-state index is 11.5. The number of rotatable bonds is 3. The van der Waals surface area contributed by atoms with Crippen LogP contribution in [0.4, 0.5) is 5.82 Å². The molecule has 0 spiro atoms. The largest absolute Gasteiger partial charge is 0.307 e. The quantitative estimate of drug-likeness (QED) is 0.635. The van der Waals surface area contributed by atoms with Gasteiger partial charge in [0.15, 0.2) is 0 Å².